The summed E-state index contributed by atoms with van der Waals surface area (Å²) in [6, 6.07) is 0.307. The maximum absolute atomic E-state index is 11.4. The van der Waals surface area contributed by atoms with Crippen molar-refractivity contribution in [3.8, 4) is 0 Å². The summed E-state index contributed by atoms with van der Waals surface area (Å²) in [5.41, 5.74) is -0.109. The number of H-pyrrole nitrogens is 1. The fourth-order valence-corrected chi connectivity index (χ4v) is 1.62. The number of rotatable bonds is 4. The molecule has 1 fully saturated rings. The van der Waals surface area contributed by atoms with Gasteiger partial charge in [0.1, 0.15) is 5.82 Å². The molecule has 0 atom stereocenters. The van der Waals surface area contributed by atoms with E-state index in [0.717, 1.165) is 12.8 Å². The molecule has 5 nitrogen and oxygen atoms in total. The molecule has 0 bridgehead atoms. The van der Waals surface area contributed by atoms with Gasteiger partial charge < -0.3 is 5.11 Å². The van der Waals surface area contributed by atoms with Crippen LogP contribution in [0, 0.1) is 0 Å². The highest BCUT2D eigenvalue weighted by molar-refractivity contribution is 4.86. The Hall–Kier alpha value is -1.10. The summed E-state index contributed by atoms with van der Waals surface area (Å²) in [6.07, 6.45) is 4.60. The van der Waals surface area contributed by atoms with Crippen molar-refractivity contribution in [3.63, 3.8) is 0 Å². The molecule has 0 amide bonds. The summed E-state index contributed by atoms with van der Waals surface area (Å²) >= 11 is 0. The summed E-state index contributed by atoms with van der Waals surface area (Å²) in [4.78, 5) is 14.1. The third-order valence-electron chi connectivity index (χ3n) is 2.68. The Morgan fingerprint density at radius 3 is 2.93 bits per heavy atom. The molecule has 2 N–H and O–H groups in total. The van der Waals surface area contributed by atoms with Gasteiger partial charge in [0.2, 0.25) is 0 Å². The normalized spacial score (nSPS) is 16.9. The van der Waals surface area contributed by atoms with E-state index in [9.17, 15) is 4.79 Å². The van der Waals surface area contributed by atoms with E-state index < -0.39 is 0 Å². The van der Waals surface area contributed by atoms with Gasteiger partial charge >= 0.3 is 5.69 Å². The number of hydrogen-bond acceptors (Lipinski definition) is 3. The van der Waals surface area contributed by atoms with Gasteiger partial charge in [-0.2, -0.15) is 5.10 Å². The standard InChI is InChI=1S/C9H15N3O2/c13-6-2-5-8-10-9(14)12(11-8)7-3-1-4-7/h7,13H,1-6H2,(H,10,11,14). The highest BCUT2D eigenvalue weighted by Crippen LogP contribution is 2.29. The van der Waals surface area contributed by atoms with E-state index in [1.165, 1.54) is 6.42 Å². The average Bonchev–Trinajstić information content (AvgIpc) is 2.42. The number of aryl methyl sites for hydroxylation is 1. The summed E-state index contributed by atoms with van der Waals surface area (Å²) < 4.78 is 1.55. The second-order valence-electron chi connectivity index (χ2n) is 3.73. The molecule has 14 heavy (non-hydrogen) atoms. The molecule has 1 saturated carbocycles. The Labute approximate surface area is 81.8 Å². The van der Waals surface area contributed by atoms with E-state index in [-0.39, 0.29) is 12.3 Å². The van der Waals surface area contributed by atoms with E-state index in [2.05, 4.69) is 10.1 Å². The van der Waals surface area contributed by atoms with Crippen molar-refractivity contribution in [1.29, 1.82) is 0 Å². The Bertz CT molecular complexity index is 351. The Balaban J connectivity index is 2.08. The minimum absolute atomic E-state index is 0.109. The summed E-state index contributed by atoms with van der Waals surface area (Å²) in [6.45, 7) is 0.137. The SMILES string of the molecule is O=c1[nH]c(CCCO)nn1C1CCC1. The van der Waals surface area contributed by atoms with E-state index >= 15 is 0 Å². The first kappa shape index (κ1) is 9.45. The number of hydrogen-bond donors (Lipinski definition) is 2. The van der Waals surface area contributed by atoms with Crippen LogP contribution in [0.4, 0.5) is 0 Å². The van der Waals surface area contributed by atoms with Gasteiger partial charge in [0, 0.05) is 13.0 Å². The van der Waals surface area contributed by atoms with Crippen molar-refractivity contribution >= 4 is 0 Å². The zero-order valence-electron chi connectivity index (χ0n) is 8.07. The van der Waals surface area contributed by atoms with Crippen molar-refractivity contribution in [2.45, 2.75) is 38.1 Å². The number of aliphatic hydroxyl groups is 1. The Morgan fingerprint density at radius 1 is 1.57 bits per heavy atom. The molecule has 5 heteroatoms. The highest BCUT2D eigenvalue weighted by atomic mass is 16.3. The molecule has 0 saturated heterocycles. The maximum atomic E-state index is 11.4. The van der Waals surface area contributed by atoms with Crippen molar-refractivity contribution < 1.29 is 5.11 Å². The smallest absolute Gasteiger partial charge is 0.343 e. The van der Waals surface area contributed by atoms with Crippen LogP contribution in [0.15, 0.2) is 4.79 Å². The number of aromatic nitrogens is 3. The van der Waals surface area contributed by atoms with Gasteiger partial charge in [-0.1, -0.05) is 0 Å². The van der Waals surface area contributed by atoms with E-state index in [1.807, 2.05) is 0 Å². The molecular formula is C9H15N3O2. The van der Waals surface area contributed by atoms with Crippen LogP contribution in [0.25, 0.3) is 0 Å². The predicted octanol–water partition coefficient (Wildman–Crippen LogP) is 0.221. The van der Waals surface area contributed by atoms with Crippen LogP contribution in [0.5, 0.6) is 0 Å². The molecule has 0 aromatic carbocycles. The second-order valence-corrected chi connectivity index (χ2v) is 3.73. The van der Waals surface area contributed by atoms with E-state index in [4.69, 9.17) is 5.11 Å². The van der Waals surface area contributed by atoms with Crippen LogP contribution in [0.3, 0.4) is 0 Å². The van der Waals surface area contributed by atoms with Crippen LogP contribution >= 0.6 is 0 Å². The van der Waals surface area contributed by atoms with Crippen LogP contribution in [-0.2, 0) is 6.42 Å². The van der Waals surface area contributed by atoms with Crippen molar-refractivity contribution in [3.05, 3.63) is 16.3 Å². The number of aliphatic hydroxyl groups excluding tert-OH is 1. The van der Waals surface area contributed by atoms with Crippen LogP contribution in [0.1, 0.15) is 37.5 Å². The third-order valence-corrected chi connectivity index (χ3v) is 2.68. The molecular weight excluding hydrogens is 182 g/mol. The molecule has 1 aliphatic rings. The predicted molar refractivity (Wildman–Crippen MR) is 51.1 cm³/mol. The lowest BCUT2D eigenvalue weighted by atomic mass is 9.93. The molecule has 0 radical (unpaired) electrons. The quantitative estimate of drug-likeness (QED) is 0.725. The highest BCUT2D eigenvalue weighted by Gasteiger charge is 2.22. The van der Waals surface area contributed by atoms with E-state index in [0.29, 0.717) is 24.7 Å². The molecule has 0 unspecified atom stereocenters. The molecule has 0 aliphatic heterocycles. The second kappa shape index (κ2) is 3.96. The molecule has 1 aromatic heterocycles. The lowest BCUT2D eigenvalue weighted by Crippen LogP contribution is -2.27. The first-order chi connectivity index (χ1) is 6.81. The largest absolute Gasteiger partial charge is 0.396 e. The van der Waals surface area contributed by atoms with Gasteiger partial charge in [-0.05, 0) is 25.7 Å². The minimum Gasteiger partial charge on any atom is -0.396 e. The van der Waals surface area contributed by atoms with Crippen LogP contribution in [0.2, 0.25) is 0 Å². The third kappa shape index (κ3) is 1.72. The van der Waals surface area contributed by atoms with Gasteiger partial charge in [0.25, 0.3) is 0 Å². The van der Waals surface area contributed by atoms with Gasteiger partial charge in [0.05, 0.1) is 6.04 Å². The molecule has 1 aromatic rings. The first-order valence-electron chi connectivity index (χ1n) is 5.10. The topological polar surface area (TPSA) is 70.9 Å². The maximum Gasteiger partial charge on any atom is 0.343 e. The molecule has 78 valence electrons. The Morgan fingerprint density at radius 2 is 2.36 bits per heavy atom. The van der Waals surface area contributed by atoms with Gasteiger partial charge in [-0.25, -0.2) is 9.48 Å². The monoisotopic (exact) mass is 197 g/mol. The summed E-state index contributed by atoms with van der Waals surface area (Å²) in [5, 5.41) is 12.9. The van der Waals surface area contributed by atoms with Gasteiger partial charge in [-0.15, -0.1) is 0 Å². The molecule has 2 rings (SSSR count). The fourth-order valence-electron chi connectivity index (χ4n) is 1.62. The van der Waals surface area contributed by atoms with Crippen molar-refractivity contribution in [2.24, 2.45) is 0 Å². The zero-order chi connectivity index (χ0) is 9.97. The Kier molecular flexibility index (Phi) is 2.67. The van der Waals surface area contributed by atoms with E-state index in [1.54, 1.807) is 4.68 Å². The van der Waals surface area contributed by atoms with Crippen LogP contribution in [-0.4, -0.2) is 26.5 Å². The first-order valence-corrected chi connectivity index (χ1v) is 5.10. The fraction of sp³-hybridized carbons (Fsp3) is 0.778. The lowest BCUT2D eigenvalue weighted by molar-refractivity contribution is 0.278. The summed E-state index contributed by atoms with van der Waals surface area (Å²) in [5.74, 6) is 0.691. The molecule has 1 aliphatic carbocycles. The van der Waals surface area contributed by atoms with Crippen LogP contribution < -0.4 is 5.69 Å². The average molecular weight is 197 g/mol. The van der Waals surface area contributed by atoms with Gasteiger partial charge in [-0.3, -0.25) is 4.98 Å². The zero-order valence-corrected chi connectivity index (χ0v) is 8.07. The number of aromatic amines is 1. The lowest BCUT2D eigenvalue weighted by Gasteiger charge is -2.24. The summed E-state index contributed by atoms with van der Waals surface area (Å²) in [7, 11) is 0. The van der Waals surface area contributed by atoms with Gasteiger partial charge in [0.15, 0.2) is 0 Å². The molecule has 1 heterocycles. The number of nitrogens with zero attached hydrogens (tertiary/aromatic N) is 2. The van der Waals surface area contributed by atoms with Crippen molar-refractivity contribution in [1.82, 2.24) is 14.8 Å². The van der Waals surface area contributed by atoms with Crippen molar-refractivity contribution in [2.75, 3.05) is 6.61 Å². The molecule has 0 spiro atoms. The number of nitrogens with one attached hydrogen (secondary N) is 1. The minimum atomic E-state index is -0.109.